The van der Waals surface area contributed by atoms with E-state index in [0.29, 0.717) is 23.1 Å². The highest BCUT2D eigenvalue weighted by atomic mass is 16.5. The van der Waals surface area contributed by atoms with Crippen molar-refractivity contribution in [3.63, 3.8) is 0 Å². The number of hydrogen-bond acceptors (Lipinski definition) is 8. The summed E-state index contributed by atoms with van der Waals surface area (Å²) in [5.74, 6) is 1.80. The Morgan fingerprint density at radius 3 is 2.53 bits per heavy atom. The number of aromatic nitrogens is 4. The van der Waals surface area contributed by atoms with Crippen molar-refractivity contribution in [3.05, 3.63) is 60.7 Å². The van der Waals surface area contributed by atoms with E-state index in [0.717, 1.165) is 25.5 Å². The molecule has 1 atom stereocenters. The van der Waals surface area contributed by atoms with E-state index in [1.54, 1.807) is 24.5 Å². The number of methoxy groups -OCH3 is 1. The maximum atomic E-state index is 12.3. The highest BCUT2D eigenvalue weighted by molar-refractivity contribution is 6.03. The minimum absolute atomic E-state index is 0.277. The van der Waals surface area contributed by atoms with E-state index in [9.17, 15) is 4.79 Å². The fraction of sp³-hybridized carbons (Fsp3) is 0.286. The molecule has 1 fully saturated rings. The van der Waals surface area contributed by atoms with Crippen molar-refractivity contribution in [1.29, 1.82) is 0 Å². The second-order valence-electron chi connectivity index (χ2n) is 6.99. The van der Waals surface area contributed by atoms with E-state index in [1.807, 2.05) is 24.4 Å². The van der Waals surface area contributed by atoms with Gasteiger partial charge in [-0.05, 0) is 25.1 Å². The van der Waals surface area contributed by atoms with Crippen LogP contribution in [0.1, 0.15) is 17.3 Å². The van der Waals surface area contributed by atoms with Crippen molar-refractivity contribution in [2.24, 2.45) is 0 Å². The number of ether oxygens (including phenoxy) is 1. The van der Waals surface area contributed by atoms with Crippen LogP contribution >= 0.6 is 0 Å². The lowest BCUT2D eigenvalue weighted by Gasteiger charge is -2.40. The molecule has 1 saturated heterocycles. The third-order valence-corrected chi connectivity index (χ3v) is 4.96. The van der Waals surface area contributed by atoms with Crippen LogP contribution in [0.25, 0.3) is 0 Å². The van der Waals surface area contributed by atoms with Gasteiger partial charge in [0, 0.05) is 44.1 Å². The highest BCUT2D eigenvalue weighted by Crippen LogP contribution is 2.21. The first-order valence-electron chi connectivity index (χ1n) is 9.70. The van der Waals surface area contributed by atoms with Gasteiger partial charge in [0.1, 0.15) is 5.82 Å². The van der Waals surface area contributed by atoms with E-state index in [1.165, 1.54) is 13.3 Å². The first-order chi connectivity index (χ1) is 14.6. The summed E-state index contributed by atoms with van der Waals surface area (Å²) in [6, 6.07) is 9.51. The number of carbonyl (C=O) groups is 1. The molecule has 4 heterocycles. The van der Waals surface area contributed by atoms with Crippen molar-refractivity contribution in [3.8, 4) is 5.88 Å². The second-order valence-corrected chi connectivity index (χ2v) is 6.99. The average molecular weight is 405 g/mol. The molecule has 0 saturated carbocycles. The molecule has 4 rings (SSSR count). The average Bonchev–Trinajstić information content (AvgIpc) is 2.80. The molecule has 1 aliphatic rings. The Morgan fingerprint density at radius 2 is 1.90 bits per heavy atom. The highest BCUT2D eigenvalue weighted by Gasteiger charge is 2.26. The third-order valence-electron chi connectivity index (χ3n) is 4.96. The van der Waals surface area contributed by atoms with Gasteiger partial charge in [-0.25, -0.2) is 19.9 Å². The molecule has 0 bridgehead atoms. The van der Waals surface area contributed by atoms with Crippen LogP contribution < -0.4 is 19.9 Å². The van der Waals surface area contributed by atoms with Crippen molar-refractivity contribution in [1.82, 2.24) is 19.9 Å². The SMILES string of the molecule is COc1ccc(C(=O)Nc2cnc(N3CCN(c4ccccn4)[C@@H](C)C3)nc2)cn1. The number of carbonyl (C=O) groups excluding carboxylic acids is 1. The number of rotatable bonds is 5. The summed E-state index contributed by atoms with van der Waals surface area (Å²) in [5, 5.41) is 2.78. The lowest BCUT2D eigenvalue weighted by atomic mass is 10.2. The normalized spacial score (nSPS) is 16.3. The van der Waals surface area contributed by atoms with Crippen molar-refractivity contribution < 1.29 is 9.53 Å². The molecule has 1 amide bonds. The summed E-state index contributed by atoms with van der Waals surface area (Å²) >= 11 is 0. The predicted molar refractivity (Wildman–Crippen MR) is 114 cm³/mol. The Hall–Kier alpha value is -3.75. The van der Waals surface area contributed by atoms with Gasteiger partial charge in [-0.1, -0.05) is 6.07 Å². The van der Waals surface area contributed by atoms with Crippen LogP contribution in [0.4, 0.5) is 17.5 Å². The molecule has 0 spiro atoms. The zero-order valence-electron chi connectivity index (χ0n) is 16.9. The number of anilines is 3. The number of nitrogens with zero attached hydrogens (tertiary/aromatic N) is 6. The van der Waals surface area contributed by atoms with Gasteiger partial charge in [-0.15, -0.1) is 0 Å². The van der Waals surface area contributed by atoms with E-state index >= 15 is 0 Å². The molecule has 1 aliphatic heterocycles. The summed E-state index contributed by atoms with van der Waals surface area (Å²) in [4.78, 5) is 34.1. The van der Waals surface area contributed by atoms with Crippen LogP contribution in [-0.4, -0.2) is 58.6 Å². The molecule has 3 aromatic rings. The standard InChI is InChI=1S/C21H23N7O2/c1-15-14-27(9-10-28(15)18-5-3-4-8-22-18)21-24-12-17(13-25-21)26-20(29)16-6-7-19(30-2)23-11-16/h3-8,11-13,15H,9-10,14H2,1-2H3,(H,26,29)/t15-/m0/s1. The van der Waals surface area contributed by atoms with Crippen LogP contribution in [0.3, 0.4) is 0 Å². The Balaban J connectivity index is 1.37. The van der Waals surface area contributed by atoms with Crippen LogP contribution in [0, 0.1) is 0 Å². The van der Waals surface area contributed by atoms with Crippen molar-refractivity contribution >= 4 is 23.4 Å². The van der Waals surface area contributed by atoms with Crippen LogP contribution in [0.15, 0.2) is 55.1 Å². The molecule has 0 unspecified atom stereocenters. The molecule has 0 aliphatic carbocycles. The van der Waals surface area contributed by atoms with Gasteiger partial charge < -0.3 is 19.9 Å². The first kappa shape index (κ1) is 19.6. The van der Waals surface area contributed by atoms with Crippen molar-refractivity contribution in [2.45, 2.75) is 13.0 Å². The van der Waals surface area contributed by atoms with Gasteiger partial charge in [0.05, 0.1) is 30.8 Å². The predicted octanol–water partition coefficient (Wildman–Crippen LogP) is 2.24. The summed E-state index contributed by atoms with van der Waals surface area (Å²) in [5.41, 5.74) is 0.957. The molecular formula is C21H23N7O2. The van der Waals surface area contributed by atoms with E-state index in [4.69, 9.17) is 4.74 Å². The largest absolute Gasteiger partial charge is 0.481 e. The van der Waals surface area contributed by atoms with Gasteiger partial charge in [0.25, 0.3) is 5.91 Å². The van der Waals surface area contributed by atoms with Gasteiger partial charge in [0.15, 0.2) is 0 Å². The maximum absolute atomic E-state index is 12.3. The summed E-state index contributed by atoms with van der Waals surface area (Å²) in [6.07, 6.45) is 6.51. The quantitative estimate of drug-likeness (QED) is 0.690. The van der Waals surface area contributed by atoms with Gasteiger partial charge in [-0.2, -0.15) is 0 Å². The first-order valence-corrected chi connectivity index (χ1v) is 9.70. The molecule has 0 aromatic carbocycles. The number of nitrogens with one attached hydrogen (secondary N) is 1. The lowest BCUT2D eigenvalue weighted by molar-refractivity contribution is 0.102. The molecule has 0 radical (unpaired) electrons. The number of pyridine rings is 2. The number of hydrogen-bond donors (Lipinski definition) is 1. The van der Waals surface area contributed by atoms with Crippen LogP contribution in [0.2, 0.25) is 0 Å². The smallest absolute Gasteiger partial charge is 0.257 e. The second kappa shape index (κ2) is 8.73. The molecule has 9 heteroatoms. The molecule has 3 aromatic heterocycles. The van der Waals surface area contributed by atoms with Gasteiger partial charge in [-0.3, -0.25) is 4.79 Å². The summed E-state index contributed by atoms with van der Waals surface area (Å²) < 4.78 is 5.00. The molecule has 154 valence electrons. The fourth-order valence-electron chi connectivity index (χ4n) is 3.39. The van der Waals surface area contributed by atoms with E-state index in [-0.39, 0.29) is 11.9 Å². The van der Waals surface area contributed by atoms with Crippen LogP contribution in [-0.2, 0) is 0 Å². The Labute approximate surface area is 174 Å². The summed E-state index contributed by atoms with van der Waals surface area (Å²) in [7, 11) is 1.53. The minimum atomic E-state index is -0.279. The van der Waals surface area contributed by atoms with E-state index in [2.05, 4.69) is 42.0 Å². The topological polar surface area (TPSA) is 96.4 Å². The van der Waals surface area contributed by atoms with Gasteiger partial charge in [0.2, 0.25) is 11.8 Å². The Morgan fingerprint density at radius 1 is 1.07 bits per heavy atom. The Bertz CT molecular complexity index is 981. The fourth-order valence-corrected chi connectivity index (χ4v) is 3.39. The maximum Gasteiger partial charge on any atom is 0.257 e. The zero-order valence-corrected chi connectivity index (χ0v) is 16.9. The van der Waals surface area contributed by atoms with Crippen LogP contribution in [0.5, 0.6) is 5.88 Å². The molecule has 30 heavy (non-hydrogen) atoms. The number of amides is 1. The lowest BCUT2D eigenvalue weighted by Crippen LogP contribution is -2.52. The molecular weight excluding hydrogens is 382 g/mol. The summed E-state index contributed by atoms with van der Waals surface area (Å²) in [6.45, 7) is 4.59. The van der Waals surface area contributed by atoms with Crippen molar-refractivity contribution in [2.75, 3.05) is 41.9 Å². The monoisotopic (exact) mass is 405 g/mol. The third kappa shape index (κ3) is 4.29. The Kier molecular flexibility index (Phi) is 5.69. The zero-order chi connectivity index (χ0) is 20.9. The van der Waals surface area contributed by atoms with E-state index < -0.39 is 0 Å². The molecule has 9 nitrogen and oxygen atoms in total. The number of piperazine rings is 1. The van der Waals surface area contributed by atoms with Gasteiger partial charge >= 0.3 is 0 Å². The minimum Gasteiger partial charge on any atom is -0.481 e. The molecule has 1 N–H and O–H groups in total.